The lowest BCUT2D eigenvalue weighted by Crippen LogP contribution is -2.28. The molecular weight excluding hydrogens is 300 g/mol. The van der Waals surface area contributed by atoms with E-state index in [9.17, 15) is 4.79 Å². The summed E-state index contributed by atoms with van der Waals surface area (Å²) in [5.41, 5.74) is 2.00. The number of halogens is 1. The zero-order valence-corrected chi connectivity index (χ0v) is 13.9. The number of amides is 1. The van der Waals surface area contributed by atoms with Gasteiger partial charge in [0.2, 0.25) is 0 Å². The van der Waals surface area contributed by atoms with Gasteiger partial charge in [0, 0.05) is 18.7 Å². The van der Waals surface area contributed by atoms with Crippen LogP contribution in [0.3, 0.4) is 0 Å². The zero-order valence-electron chi connectivity index (χ0n) is 13.1. The maximum atomic E-state index is 12.4. The monoisotopic (exact) mass is 322 g/mol. The Morgan fingerprint density at radius 2 is 2.00 bits per heavy atom. The molecule has 2 rings (SSSR count). The van der Waals surface area contributed by atoms with E-state index in [0.29, 0.717) is 25.5 Å². The van der Waals surface area contributed by atoms with Gasteiger partial charge in [0.25, 0.3) is 5.91 Å². The van der Waals surface area contributed by atoms with Gasteiger partial charge in [-0.25, -0.2) is 0 Å². The van der Waals surface area contributed by atoms with Crippen molar-refractivity contribution in [1.29, 1.82) is 0 Å². The highest BCUT2D eigenvalue weighted by Gasteiger charge is 2.31. The third kappa shape index (κ3) is 4.36. The minimum atomic E-state index is -0.0486. The Morgan fingerprint density at radius 1 is 1.32 bits per heavy atom. The molecule has 1 aromatic rings. The summed E-state index contributed by atoms with van der Waals surface area (Å²) < 4.78 is 5.78. The molecule has 4 nitrogen and oxygen atoms in total. The van der Waals surface area contributed by atoms with Crippen molar-refractivity contribution < 1.29 is 9.53 Å². The average molecular weight is 323 g/mol. The van der Waals surface area contributed by atoms with Gasteiger partial charge in [-0.2, -0.15) is 0 Å². The molecule has 0 aromatic heterocycles. The number of hydrogen-bond donors (Lipinski definition) is 0. The SMILES string of the molecule is C=CCN1CC(c2ccccc2)=C(OCCN(C)C)C1=O.Cl. The summed E-state index contributed by atoms with van der Waals surface area (Å²) in [6, 6.07) is 9.93. The first-order valence-corrected chi connectivity index (χ1v) is 7.09. The predicted molar refractivity (Wildman–Crippen MR) is 91.9 cm³/mol. The van der Waals surface area contributed by atoms with Crippen LogP contribution in [0.15, 0.2) is 48.7 Å². The van der Waals surface area contributed by atoms with Crippen molar-refractivity contribution in [3.8, 4) is 0 Å². The molecule has 0 unspecified atom stereocenters. The van der Waals surface area contributed by atoms with Crippen LogP contribution in [-0.2, 0) is 9.53 Å². The number of rotatable bonds is 7. The minimum absolute atomic E-state index is 0. The van der Waals surface area contributed by atoms with Crippen molar-refractivity contribution >= 4 is 23.9 Å². The molecule has 120 valence electrons. The molecule has 1 heterocycles. The van der Waals surface area contributed by atoms with Crippen LogP contribution in [0.25, 0.3) is 5.57 Å². The van der Waals surface area contributed by atoms with Gasteiger partial charge in [-0.3, -0.25) is 4.79 Å². The van der Waals surface area contributed by atoms with Gasteiger partial charge in [0.1, 0.15) is 6.61 Å². The van der Waals surface area contributed by atoms with E-state index in [1.54, 1.807) is 11.0 Å². The summed E-state index contributed by atoms with van der Waals surface area (Å²) in [7, 11) is 3.96. The Hall–Kier alpha value is -1.78. The van der Waals surface area contributed by atoms with Gasteiger partial charge in [-0.15, -0.1) is 19.0 Å². The first kappa shape index (κ1) is 18.3. The third-order valence-corrected chi connectivity index (χ3v) is 3.36. The fourth-order valence-electron chi connectivity index (χ4n) is 2.25. The van der Waals surface area contributed by atoms with E-state index in [-0.39, 0.29) is 18.3 Å². The average Bonchev–Trinajstić information content (AvgIpc) is 2.78. The van der Waals surface area contributed by atoms with Crippen molar-refractivity contribution in [2.75, 3.05) is 40.3 Å². The van der Waals surface area contributed by atoms with Gasteiger partial charge in [0.15, 0.2) is 5.76 Å². The first-order chi connectivity index (χ1) is 10.1. The Kier molecular flexibility index (Phi) is 7.15. The Balaban J connectivity index is 0.00000242. The molecule has 1 aromatic carbocycles. The van der Waals surface area contributed by atoms with Crippen molar-refractivity contribution in [2.24, 2.45) is 0 Å². The van der Waals surface area contributed by atoms with E-state index >= 15 is 0 Å². The van der Waals surface area contributed by atoms with Crippen molar-refractivity contribution in [2.45, 2.75) is 0 Å². The third-order valence-electron chi connectivity index (χ3n) is 3.36. The van der Waals surface area contributed by atoms with E-state index in [2.05, 4.69) is 6.58 Å². The second-order valence-corrected chi connectivity index (χ2v) is 5.30. The standard InChI is InChI=1S/C17H22N2O2.ClH/c1-4-10-19-13-15(14-8-6-5-7-9-14)16(17(19)20)21-12-11-18(2)3;/h4-9H,1,10-13H2,2-3H3;1H. The van der Waals surface area contributed by atoms with Gasteiger partial charge >= 0.3 is 0 Å². The molecule has 0 atom stereocenters. The maximum absolute atomic E-state index is 12.4. The summed E-state index contributed by atoms with van der Waals surface area (Å²) in [6.07, 6.45) is 1.74. The summed E-state index contributed by atoms with van der Waals surface area (Å²) in [5.74, 6) is 0.428. The summed E-state index contributed by atoms with van der Waals surface area (Å²) >= 11 is 0. The van der Waals surface area contributed by atoms with Crippen LogP contribution < -0.4 is 0 Å². The van der Waals surface area contributed by atoms with Crippen LogP contribution in [0.1, 0.15) is 5.56 Å². The van der Waals surface area contributed by atoms with Gasteiger partial charge in [-0.05, 0) is 19.7 Å². The van der Waals surface area contributed by atoms with Gasteiger partial charge < -0.3 is 14.5 Å². The van der Waals surface area contributed by atoms with Crippen molar-refractivity contribution in [3.05, 3.63) is 54.3 Å². The molecule has 5 heteroatoms. The molecule has 0 fully saturated rings. The van der Waals surface area contributed by atoms with Crippen molar-refractivity contribution in [3.63, 3.8) is 0 Å². The molecule has 22 heavy (non-hydrogen) atoms. The number of benzene rings is 1. The Labute approximate surface area is 138 Å². The lowest BCUT2D eigenvalue weighted by atomic mass is 10.1. The number of likely N-dealkylation sites (N-methyl/N-ethyl adjacent to an activating group) is 1. The van der Waals surface area contributed by atoms with Crippen LogP contribution in [0.4, 0.5) is 0 Å². The second kappa shape index (κ2) is 8.61. The Morgan fingerprint density at radius 3 is 2.59 bits per heavy atom. The summed E-state index contributed by atoms with van der Waals surface area (Å²) in [6.45, 7) is 6.10. The number of carbonyl (C=O) groups excluding carboxylic acids is 1. The van der Waals surface area contributed by atoms with E-state index in [1.807, 2.05) is 49.3 Å². The summed E-state index contributed by atoms with van der Waals surface area (Å²) in [5, 5.41) is 0. The normalized spacial score (nSPS) is 14.3. The fraction of sp³-hybridized carbons (Fsp3) is 0.353. The smallest absolute Gasteiger partial charge is 0.289 e. The summed E-state index contributed by atoms with van der Waals surface area (Å²) in [4.78, 5) is 16.2. The highest BCUT2D eigenvalue weighted by atomic mass is 35.5. The highest BCUT2D eigenvalue weighted by molar-refractivity contribution is 6.04. The molecule has 1 aliphatic rings. The van der Waals surface area contributed by atoms with E-state index < -0.39 is 0 Å². The molecule has 0 saturated carbocycles. The van der Waals surface area contributed by atoms with Gasteiger partial charge in [-0.1, -0.05) is 36.4 Å². The fourth-order valence-corrected chi connectivity index (χ4v) is 2.25. The molecule has 1 amide bonds. The molecule has 0 bridgehead atoms. The van der Waals surface area contributed by atoms with E-state index in [1.165, 1.54) is 0 Å². The van der Waals surface area contributed by atoms with Crippen LogP contribution in [0, 0.1) is 0 Å². The first-order valence-electron chi connectivity index (χ1n) is 7.09. The topological polar surface area (TPSA) is 32.8 Å². The van der Waals surface area contributed by atoms with E-state index in [0.717, 1.165) is 17.7 Å². The maximum Gasteiger partial charge on any atom is 0.289 e. The van der Waals surface area contributed by atoms with Crippen molar-refractivity contribution in [1.82, 2.24) is 9.80 Å². The molecule has 0 saturated heterocycles. The highest BCUT2D eigenvalue weighted by Crippen LogP contribution is 2.28. The zero-order chi connectivity index (χ0) is 15.2. The lowest BCUT2D eigenvalue weighted by Gasteiger charge is -2.14. The number of nitrogens with zero attached hydrogens (tertiary/aromatic N) is 2. The quantitative estimate of drug-likeness (QED) is 0.723. The van der Waals surface area contributed by atoms with Gasteiger partial charge in [0.05, 0.1) is 6.54 Å². The molecule has 1 aliphatic heterocycles. The second-order valence-electron chi connectivity index (χ2n) is 5.30. The number of ether oxygens (including phenoxy) is 1. The van der Waals surface area contributed by atoms with Crippen LogP contribution in [0.2, 0.25) is 0 Å². The number of hydrogen-bond acceptors (Lipinski definition) is 3. The van der Waals surface area contributed by atoms with Crippen LogP contribution >= 0.6 is 12.4 Å². The predicted octanol–water partition coefficient (Wildman–Crippen LogP) is 2.43. The molecular formula is C17H23ClN2O2. The molecule has 0 N–H and O–H groups in total. The molecule has 0 spiro atoms. The van der Waals surface area contributed by atoms with Crippen LogP contribution in [-0.4, -0.2) is 56.0 Å². The minimum Gasteiger partial charge on any atom is -0.486 e. The largest absolute Gasteiger partial charge is 0.486 e. The molecule has 0 radical (unpaired) electrons. The van der Waals surface area contributed by atoms with Crippen LogP contribution in [0.5, 0.6) is 0 Å². The lowest BCUT2D eigenvalue weighted by molar-refractivity contribution is -0.128. The molecule has 0 aliphatic carbocycles. The Bertz CT molecular complexity index is 541. The van der Waals surface area contributed by atoms with E-state index in [4.69, 9.17) is 4.74 Å². The number of carbonyl (C=O) groups is 1.